The van der Waals surface area contributed by atoms with Crippen molar-refractivity contribution in [3.05, 3.63) is 95.1 Å². The third-order valence-electron chi connectivity index (χ3n) is 8.64. The molecule has 3 saturated carbocycles. The number of alkyl carbamates (subject to hydrolysis) is 1. The smallest absolute Gasteiger partial charge is 0.407 e. The van der Waals surface area contributed by atoms with E-state index in [4.69, 9.17) is 4.74 Å². The van der Waals surface area contributed by atoms with Crippen LogP contribution in [-0.4, -0.2) is 29.8 Å². The van der Waals surface area contributed by atoms with E-state index in [2.05, 4.69) is 60.8 Å². The minimum absolute atomic E-state index is 0.0553. The number of benzene rings is 3. The van der Waals surface area contributed by atoms with E-state index in [1.165, 1.54) is 11.1 Å². The number of hydrogen-bond donors (Lipinski definition) is 2. The van der Waals surface area contributed by atoms with Crippen LogP contribution in [0.25, 0.3) is 11.1 Å². The first kappa shape index (κ1) is 22.8. The number of carboxylic acid groups (broad SMARTS) is 1. The third-order valence-corrected chi connectivity index (χ3v) is 8.64. The van der Waals surface area contributed by atoms with Crippen molar-refractivity contribution >= 4 is 12.1 Å². The molecule has 0 aromatic heterocycles. The topological polar surface area (TPSA) is 75.6 Å². The van der Waals surface area contributed by atoms with Gasteiger partial charge in [0.15, 0.2) is 0 Å². The van der Waals surface area contributed by atoms with Crippen molar-refractivity contribution in [2.24, 2.45) is 5.41 Å². The molecular weight excluding hydrogens is 450 g/mol. The van der Waals surface area contributed by atoms with E-state index in [0.29, 0.717) is 0 Å². The van der Waals surface area contributed by atoms with Gasteiger partial charge in [-0.05, 0) is 64.5 Å². The normalized spacial score (nSPS) is 24.0. The molecule has 4 aliphatic rings. The summed E-state index contributed by atoms with van der Waals surface area (Å²) in [5.74, 6) is -1.05. The molecule has 4 aliphatic carbocycles. The summed E-state index contributed by atoms with van der Waals surface area (Å²) in [5, 5.41) is 12.7. The molecule has 0 aliphatic heterocycles. The van der Waals surface area contributed by atoms with Crippen molar-refractivity contribution < 1.29 is 19.4 Å². The summed E-state index contributed by atoms with van der Waals surface area (Å²) in [6.45, 7) is 2.35. The summed E-state index contributed by atoms with van der Waals surface area (Å²) >= 11 is 0. The van der Waals surface area contributed by atoms with Crippen molar-refractivity contribution in [1.82, 2.24) is 5.32 Å². The minimum Gasteiger partial charge on any atom is -0.480 e. The Labute approximate surface area is 211 Å². The molecule has 2 bridgehead atoms. The Hall–Kier alpha value is -3.60. The lowest BCUT2D eigenvalue weighted by atomic mass is 9.31. The molecule has 36 heavy (non-hydrogen) atoms. The van der Waals surface area contributed by atoms with Crippen LogP contribution in [0.4, 0.5) is 4.79 Å². The zero-order valence-corrected chi connectivity index (χ0v) is 20.5. The number of fused-ring (bicyclic) bond motifs is 3. The first-order valence-electron chi connectivity index (χ1n) is 12.9. The van der Waals surface area contributed by atoms with Gasteiger partial charge in [0.05, 0.1) is 0 Å². The molecule has 2 N–H and O–H groups in total. The first-order chi connectivity index (χ1) is 17.4. The molecule has 7 rings (SSSR count). The SMILES string of the molecule is CCCc1ccc(C23CC(C(NC(=O)OCC4c5ccccc5-c5ccccc54)C(=O)O)(C2)C3)cc1. The molecule has 3 fully saturated rings. The fourth-order valence-corrected chi connectivity index (χ4v) is 7.03. The highest BCUT2D eigenvalue weighted by atomic mass is 16.5. The van der Waals surface area contributed by atoms with E-state index in [1.807, 2.05) is 24.3 Å². The molecule has 1 amide bonds. The largest absolute Gasteiger partial charge is 0.480 e. The molecule has 5 heteroatoms. The Balaban J connectivity index is 1.10. The predicted molar refractivity (Wildman–Crippen MR) is 138 cm³/mol. The Morgan fingerprint density at radius 3 is 2.08 bits per heavy atom. The molecule has 0 spiro atoms. The maximum absolute atomic E-state index is 12.8. The van der Waals surface area contributed by atoms with Crippen LogP contribution in [0.5, 0.6) is 0 Å². The summed E-state index contributed by atoms with van der Waals surface area (Å²) in [7, 11) is 0. The molecule has 1 unspecified atom stereocenters. The number of aliphatic carboxylic acids is 1. The number of carbonyl (C=O) groups excluding carboxylic acids is 1. The third kappa shape index (κ3) is 3.52. The number of carbonyl (C=O) groups is 2. The highest BCUT2D eigenvalue weighted by Gasteiger charge is 2.72. The van der Waals surface area contributed by atoms with Crippen LogP contribution in [0, 0.1) is 5.41 Å². The summed E-state index contributed by atoms with van der Waals surface area (Å²) < 4.78 is 5.63. The van der Waals surface area contributed by atoms with E-state index in [9.17, 15) is 14.7 Å². The summed E-state index contributed by atoms with van der Waals surface area (Å²) in [5.41, 5.74) is 6.87. The van der Waals surface area contributed by atoms with Gasteiger partial charge in [-0.15, -0.1) is 0 Å². The molecule has 3 aromatic rings. The van der Waals surface area contributed by atoms with Crippen LogP contribution in [0.15, 0.2) is 72.8 Å². The molecule has 3 aromatic carbocycles. The van der Waals surface area contributed by atoms with Gasteiger partial charge in [0.2, 0.25) is 0 Å². The van der Waals surface area contributed by atoms with Gasteiger partial charge in [-0.2, -0.15) is 0 Å². The Kier molecular flexibility index (Phi) is 5.40. The Morgan fingerprint density at radius 2 is 1.53 bits per heavy atom. The number of rotatable bonds is 8. The van der Waals surface area contributed by atoms with Crippen molar-refractivity contribution in [2.45, 2.75) is 56.4 Å². The maximum atomic E-state index is 12.8. The van der Waals surface area contributed by atoms with E-state index < -0.39 is 18.1 Å². The van der Waals surface area contributed by atoms with Crippen LogP contribution in [0.2, 0.25) is 0 Å². The summed E-state index contributed by atoms with van der Waals surface area (Å²) in [6.07, 6.45) is 3.89. The zero-order valence-electron chi connectivity index (χ0n) is 20.5. The number of amides is 1. The van der Waals surface area contributed by atoms with Crippen LogP contribution < -0.4 is 5.32 Å². The van der Waals surface area contributed by atoms with Crippen LogP contribution in [0.1, 0.15) is 60.8 Å². The van der Waals surface area contributed by atoms with Gasteiger partial charge in [-0.3, -0.25) is 0 Å². The fourth-order valence-electron chi connectivity index (χ4n) is 7.03. The number of aryl methyl sites for hydroxylation is 1. The van der Waals surface area contributed by atoms with E-state index in [1.54, 1.807) is 0 Å². The summed E-state index contributed by atoms with van der Waals surface area (Å²) in [4.78, 5) is 25.0. The van der Waals surface area contributed by atoms with Crippen LogP contribution >= 0.6 is 0 Å². The second-order valence-corrected chi connectivity index (χ2v) is 10.9. The predicted octanol–water partition coefficient (Wildman–Crippen LogP) is 6.05. The first-order valence-corrected chi connectivity index (χ1v) is 12.9. The molecular formula is C31H31NO4. The van der Waals surface area contributed by atoms with Gasteiger partial charge in [-0.25, -0.2) is 9.59 Å². The lowest BCUT2D eigenvalue weighted by molar-refractivity contribution is -0.183. The second-order valence-electron chi connectivity index (χ2n) is 10.9. The fraction of sp³-hybridized carbons (Fsp3) is 0.355. The Bertz CT molecular complexity index is 1260. The maximum Gasteiger partial charge on any atom is 0.407 e. The van der Waals surface area contributed by atoms with E-state index in [0.717, 1.165) is 54.4 Å². The number of nitrogens with one attached hydrogen (secondary N) is 1. The van der Waals surface area contributed by atoms with E-state index >= 15 is 0 Å². The molecule has 0 saturated heterocycles. The van der Waals surface area contributed by atoms with Gasteiger partial charge in [0.25, 0.3) is 0 Å². The van der Waals surface area contributed by atoms with Gasteiger partial charge in [0.1, 0.15) is 12.6 Å². The Morgan fingerprint density at radius 1 is 0.944 bits per heavy atom. The van der Waals surface area contributed by atoms with Gasteiger partial charge in [-0.1, -0.05) is 86.1 Å². The lowest BCUT2D eigenvalue weighted by Gasteiger charge is -2.72. The molecule has 0 heterocycles. The quantitative estimate of drug-likeness (QED) is 0.411. The van der Waals surface area contributed by atoms with Crippen molar-refractivity contribution in [2.75, 3.05) is 6.61 Å². The number of carboxylic acids is 1. The van der Waals surface area contributed by atoms with Crippen LogP contribution in [-0.2, 0) is 21.4 Å². The number of ether oxygens (including phenoxy) is 1. The highest BCUT2D eigenvalue weighted by molar-refractivity contribution is 5.82. The number of hydrogen-bond acceptors (Lipinski definition) is 3. The lowest BCUT2D eigenvalue weighted by Crippen LogP contribution is -2.73. The minimum atomic E-state index is -0.991. The van der Waals surface area contributed by atoms with Gasteiger partial charge >= 0.3 is 12.1 Å². The monoisotopic (exact) mass is 481 g/mol. The molecule has 184 valence electrons. The second kappa shape index (κ2) is 8.51. The average molecular weight is 482 g/mol. The van der Waals surface area contributed by atoms with Crippen molar-refractivity contribution in [1.29, 1.82) is 0 Å². The molecule has 5 nitrogen and oxygen atoms in total. The van der Waals surface area contributed by atoms with Gasteiger partial charge < -0.3 is 15.2 Å². The van der Waals surface area contributed by atoms with Crippen LogP contribution in [0.3, 0.4) is 0 Å². The zero-order chi connectivity index (χ0) is 24.9. The van der Waals surface area contributed by atoms with E-state index in [-0.39, 0.29) is 23.4 Å². The highest BCUT2D eigenvalue weighted by Crippen LogP contribution is 2.75. The van der Waals surface area contributed by atoms with Crippen molar-refractivity contribution in [3.8, 4) is 11.1 Å². The van der Waals surface area contributed by atoms with Gasteiger partial charge in [0, 0.05) is 11.3 Å². The molecule has 0 radical (unpaired) electrons. The van der Waals surface area contributed by atoms with Crippen molar-refractivity contribution in [3.63, 3.8) is 0 Å². The summed E-state index contributed by atoms with van der Waals surface area (Å²) in [6, 6.07) is 24.2. The average Bonchev–Trinajstić information content (AvgIpc) is 3.15. The standard InChI is InChI=1S/C31H31NO4/c1-2-7-20-12-14-21(15-13-20)30-17-31(18-30,19-30)27(28(33)34)32-29(35)36-16-26-24-10-5-3-8-22(24)23-9-4-6-11-25(23)26/h3-6,8-15,26-27H,2,7,16-19H2,1H3,(H,32,35)(H,33,34). The molecule has 1 atom stereocenters.